The van der Waals surface area contributed by atoms with Gasteiger partial charge in [0.25, 0.3) is 0 Å². The summed E-state index contributed by atoms with van der Waals surface area (Å²) in [7, 11) is 0. The fraction of sp³-hybridized carbons (Fsp3) is 1.00. The Labute approximate surface area is 45.1 Å². The highest BCUT2D eigenvalue weighted by Gasteiger charge is 2.47. The Bertz CT molecular complexity index is 83.8. The summed E-state index contributed by atoms with van der Waals surface area (Å²) in [6.45, 7) is 0. The molecule has 0 bridgehead atoms. The maximum Gasteiger partial charge on any atom is 0.247 e. The normalized spacial score (nSPS) is 22.9. The number of nitrogens with zero attached hydrogens (tertiary/aromatic N) is 1. The summed E-state index contributed by atoms with van der Waals surface area (Å²) in [6, 6.07) is -1.03. The average molecular weight is 126 g/mol. The van der Waals surface area contributed by atoms with Gasteiger partial charge in [-0.2, -0.15) is 0 Å². The summed E-state index contributed by atoms with van der Waals surface area (Å²) in [5.74, 6) is 0. The quantitative estimate of drug-likeness (QED) is 0.471. The van der Waals surface area contributed by atoms with Crippen molar-refractivity contribution < 1.29 is 18.6 Å². The minimum atomic E-state index is -3.33. The maximum atomic E-state index is 11.4. The summed E-state index contributed by atoms with van der Waals surface area (Å²) in [6.07, 6.45) is 1.38. The molecule has 1 aliphatic carbocycles. The highest BCUT2D eigenvalue weighted by atomic mass is 19.6. The third-order valence-corrected chi connectivity index (χ3v) is 1.49. The summed E-state index contributed by atoms with van der Waals surface area (Å²) in [5, 5.41) is -3.33. The first-order chi connectivity index (χ1) is 3.61. The van der Waals surface area contributed by atoms with Crippen molar-refractivity contribution in [2.45, 2.75) is 25.3 Å². The van der Waals surface area contributed by atoms with E-state index in [0.717, 1.165) is 6.42 Å². The van der Waals surface area contributed by atoms with E-state index in [9.17, 15) is 13.4 Å². The van der Waals surface area contributed by atoms with Gasteiger partial charge in [-0.1, -0.05) is 0 Å². The first-order valence-electron chi connectivity index (χ1n) is 2.58. The molecule has 4 heteroatoms. The lowest BCUT2D eigenvalue weighted by Gasteiger charge is -2.21. The lowest BCUT2D eigenvalue weighted by Crippen LogP contribution is -2.38. The van der Waals surface area contributed by atoms with Crippen molar-refractivity contribution in [3.63, 3.8) is 0 Å². The fourth-order valence-electron chi connectivity index (χ4n) is 0.679. The van der Waals surface area contributed by atoms with Crippen LogP contribution in [-0.2, 0) is 0 Å². The van der Waals surface area contributed by atoms with Gasteiger partial charge in [0.1, 0.15) is 0 Å². The van der Waals surface area contributed by atoms with Gasteiger partial charge < -0.3 is 0 Å². The summed E-state index contributed by atoms with van der Waals surface area (Å²) >= 11 is 0. The Kier molecular flexibility index (Phi) is 1.19. The minimum Gasteiger partial charge on any atom is -0.0412 e. The van der Waals surface area contributed by atoms with E-state index in [-0.39, 0.29) is 0 Å². The molecule has 0 amide bonds. The second-order valence-corrected chi connectivity index (χ2v) is 2.07. The van der Waals surface area contributed by atoms with Gasteiger partial charge in [-0.15, -0.1) is 0 Å². The van der Waals surface area contributed by atoms with E-state index in [4.69, 9.17) is 0 Å². The van der Waals surface area contributed by atoms with Gasteiger partial charge >= 0.3 is 0 Å². The number of quaternary nitrogens is 1. The molecule has 0 atom stereocenters. The Balaban J connectivity index is 2.34. The van der Waals surface area contributed by atoms with Crippen LogP contribution in [0.15, 0.2) is 0 Å². The van der Waals surface area contributed by atoms with Crippen molar-refractivity contribution in [2.75, 3.05) is 0 Å². The Morgan fingerprint density at radius 2 is 1.62 bits per heavy atom. The molecule has 0 N–H and O–H groups in total. The summed E-state index contributed by atoms with van der Waals surface area (Å²) in [4.78, 5) is 0. The molecule has 48 valence electrons. The molecule has 0 heterocycles. The van der Waals surface area contributed by atoms with Crippen molar-refractivity contribution in [2.24, 2.45) is 0 Å². The zero-order chi connectivity index (χ0) is 6.20. The topological polar surface area (TPSA) is 0 Å². The number of hydrogen-bond donors (Lipinski definition) is 0. The Morgan fingerprint density at radius 3 is 1.62 bits per heavy atom. The van der Waals surface area contributed by atoms with Crippen LogP contribution in [0.2, 0.25) is 0 Å². The zero-order valence-corrected chi connectivity index (χ0v) is 4.28. The standard InChI is InChI=1S/C4H7F3N/c5-8(6,7)4-2-1-3-4/h4H,1-3H2/q+1. The zero-order valence-electron chi connectivity index (χ0n) is 4.28. The van der Waals surface area contributed by atoms with Crippen LogP contribution in [0, 0.1) is 0 Å². The fourth-order valence-corrected chi connectivity index (χ4v) is 0.679. The van der Waals surface area contributed by atoms with E-state index in [1.165, 1.54) is 0 Å². The van der Waals surface area contributed by atoms with E-state index in [2.05, 4.69) is 0 Å². The van der Waals surface area contributed by atoms with Crippen molar-refractivity contribution in [3.8, 4) is 0 Å². The van der Waals surface area contributed by atoms with Crippen LogP contribution in [0.4, 0.5) is 13.4 Å². The van der Waals surface area contributed by atoms with Gasteiger partial charge in [0.15, 0.2) is 0 Å². The molecule has 1 fully saturated rings. The van der Waals surface area contributed by atoms with Gasteiger partial charge in [0.05, 0.1) is 13.4 Å². The van der Waals surface area contributed by atoms with Gasteiger partial charge in [-0.25, -0.2) is 0 Å². The second-order valence-electron chi connectivity index (χ2n) is 2.07. The molecule has 0 aromatic heterocycles. The molecule has 0 aromatic carbocycles. The number of hydrogen-bond acceptors (Lipinski definition) is 0. The van der Waals surface area contributed by atoms with Crippen molar-refractivity contribution in [1.82, 2.24) is 0 Å². The minimum absolute atomic E-state index is 0.323. The van der Waals surface area contributed by atoms with Crippen molar-refractivity contribution >= 4 is 0 Å². The average Bonchev–Trinajstić information content (AvgIpc) is 1.16. The first kappa shape index (κ1) is 5.88. The molecule has 0 saturated heterocycles. The molecular formula is C4H7F3N+. The largest absolute Gasteiger partial charge is 0.247 e. The molecule has 0 radical (unpaired) electrons. The molecule has 0 spiro atoms. The first-order valence-corrected chi connectivity index (χ1v) is 2.58. The number of rotatable bonds is 1. The lowest BCUT2D eigenvalue weighted by atomic mass is 9.94. The SMILES string of the molecule is F[N+](F)(F)C1CCC1. The molecule has 0 aliphatic heterocycles. The van der Waals surface area contributed by atoms with Crippen LogP contribution >= 0.6 is 0 Å². The van der Waals surface area contributed by atoms with Crippen LogP contribution in [0.25, 0.3) is 0 Å². The molecule has 1 nitrogen and oxygen atoms in total. The van der Waals surface area contributed by atoms with Gasteiger partial charge in [0.2, 0.25) is 11.2 Å². The van der Waals surface area contributed by atoms with E-state index in [0.29, 0.717) is 12.8 Å². The Hall–Kier alpha value is -0.250. The molecule has 1 rings (SSSR count). The molecule has 0 aromatic rings. The van der Waals surface area contributed by atoms with E-state index in [1.54, 1.807) is 0 Å². The monoisotopic (exact) mass is 126 g/mol. The smallest absolute Gasteiger partial charge is 0.0412 e. The molecule has 1 aliphatic rings. The second kappa shape index (κ2) is 1.62. The maximum absolute atomic E-state index is 11.4. The van der Waals surface area contributed by atoms with Gasteiger partial charge in [-0.3, -0.25) is 0 Å². The molecule has 1 saturated carbocycles. The number of halogens is 3. The van der Waals surface area contributed by atoms with E-state index < -0.39 is 11.2 Å². The van der Waals surface area contributed by atoms with Gasteiger partial charge in [0, 0.05) is 12.8 Å². The highest BCUT2D eigenvalue weighted by molar-refractivity contribution is 4.65. The van der Waals surface area contributed by atoms with Crippen LogP contribution in [-0.4, -0.2) is 11.2 Å². The Morgan fingerprint density at radius 1 is 1.12 bits per heavy atom. The predicted molar refractivity (Wildman–Crippen MR) is 21.2 cm³/mol. The lowest BCUT2D eigenvalue weighted by molar-refractivity contribution is -1.29. The van der Waals surface area contributed by atoms with Gasteiger partial charge in [-0.05, 0) is 6.42 Å². The third kappa shape index (κ3) is 0.940. The van der Waals surface area contributed by atoms with E-state index >= 15 is 0 Å². The van der Waals surface area contributed by atoms with Crippen LogP contribution in [0.5, 0.6) is 0 Å². The van der Waals surface area contributed by atoms with Crippen molar-refractivity contribution in [3.05, 3.63) is 0 Å². The molecule has 0 unspecified atom stereocenters. The molecular weight excluding hydrogens is 119 g/mol. The van der Waals surface area contributed by atoms with E-state index in [1.807, 2.05) is 0 Å². The predicted octanol–water partition coefficient (Wildman–Crippen LogP) is 2.01. The summed E-state index contributed by atoms with van der Waals surface area (Å²) in [5.41, 5.74) is 0. The molecule has 8 heavy (non-hydrogen) atoms. The van der Waals surface area contributed by atoms with Crippen LogP contribution in [0.1, 0.15) is 19.3 Å². The third-order valence-electron chi connectivity index (χ3n) is 1.49. The summed E-state index contributed by atoms with van der Waals surface area (Å²) < 4.78 is 34.3. The van der Waals surface area contributed by atoms with Crippen LogP contribution < -0.4 is 0 Å². The van der Waals surface area contributed by atoms with Crippen LogP contribution in [0.3, 0.4) is 0 Å². The highest BCUT2D eigenvalue weighted by Crippen LogP contribution is 2.32. The van der Waals surface area contributed by atoms with Crippen molar-refractivity contribution in [1.29, 1.82) is 0 Å².